The number of aromatic nitrogens is 2. The van der Waals surface area contributed by atoms with Crippen LogP contribution >= 0.6 is 11.6 Å². The number of allylic oxidation sites excluding steroid dienone is 1. The highest BCUT2D eigenvalue weighted by atomic mass is 35.5. The van der Waals surface area contributed by atoms with E-state index in [4.69, 9.17) is 16.3 Å². The third-order valence-electron chi connectivity index (χ3n) is 3.99. The van der Waals surface area contributed by atoms with Crippen molar-refractivity contribution in [3.63, 3.8) is 0 Å². The zero-order valence-corrected chi connectivity index (χ0v) is 16.6. The van der Waals surface area contributed by atoms with Gasteiger partial charge in [-0.15, -0.1) is 6.58 Å². The Kier molecular flexibility index (Phi) is 5.43. The molecule has 0 aliphatic rings. The second-order valence-corrected chi connectivity index (χ2v) is 7.99. The van der Waals surface area contributed by atoms with Gasteiger partial charge in [0.15, 0.2) is 10.9 Å². The quantitative estimate of drug-likeness (QED) is 0.592. The SMILES string of the molecule is C=CCn1nc(Cl)c2c(OCC)c(NS(=O)(=O)c3ccc(C)cc3)ccc21. The highest BCUT2D eigenvalue weighted by Crippen LogP contribution is 2.39. The summed E-state index contributed by atoms with van der Waals surface area (Å²) < 4.78 is 35.5. The Morgan fingerprint density at radius 2 is 1.96 bits per heavy atom. The molecule has 0 amide bonds. The van der Waals surface area contributed by atoms with Crippen LogP contribution < -0.4 is 9.46 Å². The number of benzene rings is 2. The molecule has 8 heteroatoms. The second kappa shape index (κ2) is 7.62. The number of rotatable bonds is 7. The van der Waals surface area contributed by atoms with Crippen molar-refractivity contribution in [3.05, 3.63) is 59.8 Å². The molecule has 0 bridgehead atoms. The fourth-order valence-corrected chi connectivity index (χ4v) is 4.09. The van der Waals surface area contributed by atoms with Crippen molar-refractivity contribution in [1.82, 2.24) is 9.78 Å². The number of aryl methyl sites for hydroxylation is 1. The molecule has 2 aromatic carbocycles. The lowest BCUT2D eigenvalue weighted by Gasteiger charge is -2.14. The van der Waals surface area contributed by atoms with Gasteiger partial charge in [-0.2, -0.15) is 5.10 Å². The maximum Gasteiger partial charge on any atom is 0.262 e. The summed E-state index contributed by atoms with van der Waals surface area (Å²) in [5, 5.41) is 5.08. The van der Waals surface area contributed by atoms with Crippen molar-refractivity contribution < 1.29 is 13.2 Å². The van der Waals surface area contributed by atoms with Gasteiger partial charge < -0.3 is 4.74 Å². The lowest BCUT2D eigenvalue weighted by atomic mass is 10.2. The molecule has 0 spiro atoms. The molecule has 0 saturated carbocycles. The van der Waals surface area contributed by atoms with Gasteiger partial charge in [-0.1, -0.05) is 35.4 Å². The van der Waals surface area contributed by atoms with Gasteiger partial charge in [-0.25, -0.2) is 8.42 Å². The summed E-state index contributed by atoms with van der Waals surface area (Å²) in [5.74, 6) is 0.353. The molecule has 0 atom stereocenters. The first-order chi connectivity index (χ1) is 12.9. The number of nitrogens with one attached hydrogen (secondary N) is 1. The number of anilines is 1. The molecule has 142 valence electrons. The van der Waals surface area contributed by atoms with Gasteiger partial charge >= 0.3 is 0 Å². The van der Waals surface area contributed by atoms with Gasteiger partial charge in [-0.3, -0.25) is 9.40 Å². The van der Waals surface area contributed by atoms with E-state index < -0.39 is 10.0 Å². The molecule has 0 aliphatic heterocycles. The van der Waals surface area contributed by atoms with E-state index in [-0.39, 0.29) is 10.0 Å². The Morgan fingerprint density at radius 1 is 1.26 bits per heavy atom. The maximum atomic E-state index is 12.8. The van der Waals surface area contributed by atoms with E-state index in [0.717, 1.165) is 11.1 Å². The molecular formula is C19H20ClN3O3S. The molecule has 6 nitrogen and oxygen atoms in total. The van der Waals surface area contributed by atoms with Crippen molar-refractivity contribution in [2.24, 2.45) is 0 Å². The topological polar surface area (TPSA) is 73.2 Å². The van der Waals surface area contributed by atoms with Crippen molar-refractivity contribution in [2.75, 3.05) is 11.3 Å². The van der Waals surface area contributed by atoms with Crippen LogP contribution in [0.3, 0.4) is 0 Å². The summed E-state index contributed by atoms with van der Waals surface area (Å²) in [6, 6.07) is 10.0. The number of halogens is 1. The number of hydrogen-bond acceptors (Lipinski definition) is 4. The van der Waals surface area contributed by atoms with Crippen LogP contribution in [0.1, 0.15) is 12.5 Å². The molecule has 0 radical (unpaired) electrons. The first kappa shape index (κ1) is 19.3. The molecule has 3 rings (SSSR count). The lowest BCUT2D eigenvalue weighted by molar-refractivity contribution is 0.346. The highest BCUT2D eigenvalue weighted by Gasteiger charge is 2.21. The third-order valence-corrected chi connectivity index (χ3v) is 5.64. The van der Waals surface area contributed by atoms with Crippen LogP contribution in [0.5, 0.6) is 5.75 Å². The van der Waals surface area contributed by atoms with Crippen LogP contribution in [0.4, 0.5) is 5.69 Å². The van der Waals surface area contributed by atoms with Gasteiger partial charge in [-0.05, 0) is 38.1 Å². The smallest absolute Gasteiger partial charge is 0.262 e. The molecule has 3 aromatic rings. The summed E-state index contributed by atoms with van der Waals surface area (Å²) in [7, 11) is -3.77. The van der Waals surface area contributed by atoms with Gasteiger partial charge in [0.05, 0.1) is 34.6 Å². The van der Waals surface area contributed by atoms with Crippen molar-refractivity contribution in [1.29, 1.82) is 0 Å². The Balaban J connectivity index is 2.11. The lowest BCUT2D eigenvalue weighted by Crippen LogP contribution is -2.14. The van der Waals surface area contributed by atoms with Crippen LogP contribution in [0, 0.1) is 6.92 Å². The standard InChI is InChI=1S/C19H20ClN3O3S/c1-4-12-23-16-11-10-15(18(26-5-2)17(16)19(20)21-23)22-27(24,25)14-8-6-13(3)7-9-14/h4,6-11,22H,1,5,12H2,2-3H3. The molecule has 27 heavy (non-hydrogen) atoms. The van der Waals surface area contributed by atoms with Crippen LogP contribution in [0.15, 0.2) is 53.9 Å². The molecule has 1 aromatic heterocycles. The molecule has 1 heterocycles. The predicted molar refractivity (Wildman–Crippen MR) is 108 cm³/mol. The van der Waals surface area contributed by atoms with E-state index in [1.165, 1.54) is 0 Å². The summed E-state index contributed by atoms with van der Waals surface area (Å²) in [6.07, 6.45) is 1.71. The van der Waals surface area contributed by atoms with Crippen molar-refractivity contribution in [2.45, 2.75) is 25.3 Å². The number of fused-ring (bicyclic) bond motifs is 1. The van der Waals surface area contributed by atoms with Gasteiger partial charge in [0.25, 0.3) is 10.0 Å². The second-order valence-electron chi connectivity index (χ2n) is 5.95. The maximum absolute atomic E-state index is 12.8. The van der Waals surface area contributed by atoms with E-state index in [2.05, 4.69) is 16.4 Å². The number of nitrogens with zero attached hydrogens (tertiary/aromatic N) is 2. The Morgan fingerprint density at radius 3 is 2.59 bits per heavy atom. The first-order valence-corrected chi connectivity index (χ1v) is 10.3. The van der Waals surface area contributed by atoms with Crippen molar-refractivity contribution in [3.8, 4) is 5.75 Å². The predicted octanol–water partition coefficient (Wildman–Crippen LogP) is 4.38. The summed E-state index contributed by atoms with van der Waals surface area (Å²) in [4.78, 5) is 0.170. The van der Waals surface area contributed by atoms with E-state index in [9.17, 15) is 8.42 Å². The number of hydrogen-bond donors (Lipinski definition) is 1. The minimum absolute atomic E-state index is 0.170. The minimum Gasteiger partial charge on any atom is -0.491 e. The van der Waals surface area contributed by atoms with Crippen LogP contribution in [-0.2, 0) is 16.6 Å². The molecule has 1 N–H and O–H groups in total. The molecule has 0 fully saturated rings. The average Bonchev–Trinajstić information content (AvgIpc) is 2.93. The van der Waals surface area contributed by atoms with E-state index in [1.54, 1.807) is 47.2 Å². The summed E-state index contributed by atoms with van der Waals surface area (Å²) in [5.41, 5.74) is 2.03. The Labute approximate surface area is 163 Å². The fourth-order valence-electron chi connectivity index (χ4n) is 2.75. The van der Waals surface area contributed by atoms with Crippen LogP contribution in [0.25, 0.3) is 10.9 Å². The monoisotopic (exact) mass is 405 g/mol. The fraction of sp³-hybridized carbons (Fsp3) is 0.211. The van der Waals surface area contributed by atoms with Gasteiger partial charge in [0.2, 0.25) is 0 Å². The molecule has 0 saturated heterocycles. The van der Waals surface area contributed by atoms with E-state index in [0.29, 0.717) is 30.0 Å². The van der Waals surface area contributed by atoms with Crippen LogP contribution in [0.2, 0.25) is 5.15 Å². The van der Waals surface area contributed by atoms with Gasteiger partial charge in [0, 0.05) is 0 Å². The minimum atomic E-state index is -3.77. The number of ether oxygens (including phenoxy) is 1. The summed E-state index contributed by atoms with van der Waals surface area (Å²) in [6.45, 7) is 8.25. The first-order valence-electron chi connectivity index (χ1n) is 8.39. The average molecular weight is 406 g/mol. The normalized spacial score (nSPS) is 11.5. The Bertz CT molecular complexity index is 1090. The Hall–Kier alpha value is -2.51. The third kappa shape index (κ3) is 3.79. The zero-order valence-electron chi connectivity index (χ0n) is 15.1. The van der Waals surface area contributed by atoms with Crippen LogP contribution in [-0.4, -0.2) is 24.8 Å². The largest absolute Gasteiger partial charge is 0.491 e. The molecular weight excluding hydrogens is 386 g/mol. The zero-order chi connectivity index (χ0) is 19.6. The highest BCUT2D eigenvalue weighted by molar-refractivity contribution is 7.92. The van der Waals surface area contributed by atoms with E-state index in [1.807, 2.05) is 13.8 Å². The van der Waals surface area contributed by atoms with Crippen molar-refractivity contribution >= 4 is 38.2 Å². The number of sulfonamides is 1. The molecule has 0 unspecified atom stereocenters. The molecule has 0 aliphatic carbocycles. The summed E-state index contributed by atoms with van der Waals surface area (Å²) >= 11 is 6.31. The van der Waals surface area contributed by atoms with Gasteiger partial charge in [0.1, 0.15) is 0 Å². The van der Waals surface area contributed by atoms with E-state index >= 15 is 0 Å².